The second-order valence-corrected chi connectivity index (χ2v) is 7.08. The number of carbonyl (C=O) groups is 2. The van der Waals surface area contributed by atoms with Gasteiger partial charge in [-0.05, 0) is 53.9 Å². The van der Waals surface area contributed by atoms with Gasteiger partial charge < -0.3 is 16.5 Å². The van der Waals surface area contributed by atoms with Gasteiger partial charge in [0, 0.05) is 29.6 Å². The van der Waals surface area contributed by atoms with Crippen LogP contribution in [0.4, 0.5) is 10.1 Å². The molecule has 6 nitrogen and oxygen atoms in total. The van der Waals surface area contributed by atoms with Crippen LogP contribution in [-0.4, -0.2) is 22.4 Å². The molecule has 4 N–H and O–H groups in total. The smallest absolute Gasteiger partial charge is 0.255 e. The fourth-order valence-corrected chi connectivity index (χ4v) is 3.30. The van der Waals surface area contributed by atoms with E-state index in [4.69, 9.17) is 11.1 Å². The predicted octanol–water partition coefficient (Wildman–Crippen LogP) is 4.26. The average Bonchev–Trinajstić information content (AvgIpc) is 2.79. The highest BCUT2D eigenvalue weighted by Crippen LogP contribution is 2.25. The Morgan fingerprint density at radius 1 is 1.06 bits per heavy atom. The van der Waals surface area contributed by atoms with Gasteiger partial charge in [-0.3, -0.25) is 14.6 Å². The maximum absolute atomic E-state index is 13.6. The van der Waals surface area contributed by atoms with E-state index in [1.54, 1.807) is 60.9 Å². The second kappa shape index (κ2) is 9.86. The Labute approximate surface area is 179 Å². The first-order valence-corrected chi connectivity index (χ1v) is 9.85. The van der Waals surface area contributed by atoms with Crippen LogP contribution in [0.2, 0.25) is 0 Å². The van der Waals surface area contributed by atoms with Gasteiger partial charge in [-0.2, -0.15) is 0 Å². The fraction of sp³-hybridized carbons (Fsp3) is 0.167. The van der Waals surface area contributed by atoms with Gasteiger partial charge in [-0.15, -0.1) is 0 Å². The maximum atomic E-state index is 13.6. The molecule has 0 saturated heterocycles. The van der Waals surface area contributed by atoms with Gasteiger partial charge in [0.2, 0.25) is 0 Å². The summed E-state index contributed by atoms with van der Waals surface area (Å²) in [5.74, 6) is -1.80. The van der Waals surface area contributed by atoms with Crippen molar-refractivity contribution < 1.29 is 14.0 Å². The van der Waals surface area contributed by atoms with Crippen LogP contribution in [0, 0.1) is 11.2 Å². The average molecular weight is 418 g/mol. The van der Waals surface area contributed by atoms with Gasteiger partial charge in [-0.1, -0.05) is 31.2 Å². The number of carbonyl (C=O) groups excluding carboxylic acids is 2. The van der Waals surface area contributed by atoms with Gasteiger partial charge in [-0.25, -0.2) is 4.39 Å². The van der Waals surface area contributed by atoms with Crippen molar-refractivity contribution in [3.63, 3.8) is 0 Å². The van der Waals surface area contributed by atoms with Crippen LogP contribution < -0.4 is 11.1 Å². The zero-order valence-electron chi connectivity index (χ0n) is 17.0. The number of anilines is 1. The summed E-state index contributed by atoms with van der Waals surface area (Å²) >= 11 is 0. The van der Waals surface area contributed by atoms with E-state index in [1.807, 2.05) is 6.92 Å². The lowest BCUT2D eigenvalue weighted by Gasteiger charge is -2.19. The van der Waals surface area contributed by atoms with Crippen molar-refractivity contribution in [1.82, 2.24) is 4.98 Å². The van der Waals surface area contributed by atoms with Crippen molar-refractivity contribution in [2.45, 2.75) is 25.3 Å². The number of nitrogens with zero attached hydrogens (tertiary/aromatic N) is 1. The monoisotopic (exact) mass is 418 g/mol. The van der Waals surface area contributed by atoms with Crippen molar-refractivity contribution in [1.29, 1.82) is 5.41 Å². The van der Waals surface area contributed by atoms with Crippen molar-refractivity contribution in [3.05, 3.63) is 95.6 Å². The fourth-order valence-electron chi connectivity index (χ4n) is 3.30. The standard InChI is InChI=1S/C24H23FN4O2/c1-2-20(17-4-3-5-18(25)14-17)22(27)23(30)21(26)15-6-8-16(9-7-15)24(31)29-19-10-12-28-13-11-19/h3-14,20-21,27H,2,26H2,1H3,(H,28,29,31)/t20-,21-/m0/s1. The normalized spacial score (nSPS) is 12.6. The number of hydrogen-bond donors (Lipinski definition) is 3. The van der Waals surface area contributed by atoms with Crippen molar-refractivity contribution >= 4 is 23.1 Å². The Kier molecular flexibility index (Phi) is 6.99. The third-order valence-corrected chi connectivity index (χ3v) is 5.03. The highest BCUT2D eigenvalue weighted by molar-refractivity contribution is 6.42. The van der Waals surface area contributed by atoms with Crippen LogP contribution in [0.25, 0.3) is 0 Å². The van der Waals surface area contributed by atoms with Crippen LogP contribution >= 0.6 is 0 Å². The number of ketones is 1. The second-order valence-electron chi connectivity index (χ2n) is 7.08. The molecule has 0 bridgehead atoms. The molecule has 158 valence electrons. The number of nitrogens with two attached hydrogens (primary N) is 1. The van der Waals surface area contributed by atoms with Crippen molar-refractivity contribution in [3.8, 4) is 0 Å². The molecule has 1 heterocycles. The molecule has 3 rings (SSSR count). The van der Waals surface area contributed by atoms with E-state index in [0.717, 1.165) is 0 Å². The Morgan fingerprint density at radius 3 is 2.35 bits per heavy atom. The zero-order chi connectivity index (χ0) is 22.4. The van der Waals surface area contributed by atoms with Crippen molar-refractivity contribution in [2.24, 2.45) is 5.73 Å². The summed E-state index contributed by atoms with van der Waals surface area (Å²) in [6, 6.07) is 14.6. The minimum absolute atomic E-state index is 0.167. The molecule has 0 aliphatic rings. The molecule has 7 heteroatoms. The molecule has 0 radical (unpaired) electrons. The summed E-state index contributed by atoms with van der Waals surface area (Å²) in [5.41, 5.74) is 8.03. The molecular formula is C24H23FN4O2. The van der Waals surface area contributed by atoms with Crippen LogP contribution in [0.15, 0.2) is 73.1 Å². The summed E-state index contributed by atoms with van der Waals surface area (Å²) < 4.78 is 13.6. The van der Waals surface area contributed by atoms with Gasteiger partial charge in [0.05, 0.1) is 11.8 Å². The lowest BCUT2D eigenvalue weighted by Crippen LogP contribution is -2.31. The summed E-state index contributed by atoms with van der Waals surface area (Å²) in [6.45, 7) is 1.83. The number of halogens is 1. The molecular weight excluding hydrogens is 395 g/mol. The topological polar surface area (TPSA) is 109 Å². The highest BCUT2D eigenvalue weighted by atomic mass is 19.1. The number of hydrogen-bond acceptors (Lipinski definition) is 5. The highest BCUT2D eigenvalue weighted by Gasteiger charge is 2.27. The first kappa shape index (κ1) is 22.0. The Bertz CT molecular complexity index is 1080. The van der Waals surface area contributed by atoms with E-state index in [1.165, 1.54) is 12.1 Å². The lowest BCUT2D eigenvalue weighted by molar-refractivity contribution is -0.114. The number of pyridine rings is 1. The largest absolute Gasteiger partial charge is 0.322 e. The number of aromatic nitrogens is 1. The summed E-state index contributed by atoms with van der Waals surface area (Å²) in [4.78, 5) is 29.1. The molecule has 2 atom stereocenters. The van der Waals surface area contributed by atoms with E-state index in [9.17, 15) is 14.0 Å². The molecule has 2 aromatic carbocycles. The predicted molar refractivity (Wildman–Crippen MR) is 118 cm³/mol. The molecule has 0 spiro atoms. The molecule has 1 aromatic heterocycles. The number of Topliss-reactive ketones (excluding diaryl/α,β-unsaturated/α-hetero) is 1. The van der Waals surface area contributed by atoms with E-state index in [2.05, 4.69) is 10.3 Å². The molecule has 0 fully saturated rings. The Balaban J connectivity index is 1.71. The Hall–Kier alpha value is -3.71. The van der Waals surface area contributed by atoms with Crippen molar-refractivity contribution in [2.75, 3.05) is 5.32 Å². The quantitative estimate of drug-likeness (QED) is 0.475. The number of nitrogens with one attached hydrogen (secondary N) is 2. The molecule has 1 amide bonds. The van der Waals surface area contributed by atoms with Gasteiger partial charge in [0.15, 0.2) is 5.78 Å². The summed E-state index contributed by atoms with van der Waals surface area (Å²) in [7, 11) is 0. The molecule has 0 saturated carbocycles. The van der Waals surface area contributed by atoms with E-state index in [0.29, 0.717) is 28.8 Å². The number of benzene rings is 2. The van der Waals surface area contributed by atoms with Crippen LogP contribution in [0.5, 0.6) is 0 Å². The minimum Gasteiger partial charge on any atom is -0.322 e. The van der Waals surface area contributed by atoms with Crippen LogP contribution in [0.3, 0.4) is 0 Å². The van der Waals surface area contributed by atoms with Gasteiger partial charge in [0.1, 0.15) is 5.82 Å². The SMILES string of the molecule is CC[C@H](C(=N)C(=O)[C@@H](N)c1ccc(C(=O)Nc2ccncc2)cc1)c1cccc(F)c1. The summed E-state index contributed by atoms with van der Waals surface area (Å²) in [5, 5.41) is 11.1. The first-order valence-electron chi connectivity index (χ1n) is 9.85. The summed E-state index contributed by atoms with van der Waals surface area (Å²) in [6.07, 6.45) is 3.62. The van der Waals surface area contributed by atoms with Gasteiger partial charge in [0.25, 0.3) is 5.91 Å². The number of rotatable bonds is 8. The van der Waals surface area contributed by atoms with E-state index < -0.39 is 23.6 Å². The minimum atomic E-state index is -1.05. The third kappa shape index (κ3) is 5.26. The van der Waals surface area contributed by atoms with Gasteiger partial charge >= 0.3 is 0 Å². The molecule has 3 aromatic rings. The zero-order valence-corrected chi connectivity index (χ0v) is 17.0. The van der Waals surface area contributed by atoms with E-state index in [-0.39, 0.29) is 11.6 Å². The maximum Gasteiger partial charge on any atom is 0.255 e. The van der Waals surface area contributed by atoms with Crippen LogP contribution in [-0.2, 0) is 4.79 Å². The number of amides is 1. The molecule has 0 aliphatic heterocycles. The lowest BCUT2D eigenvalue weighted by atomic mass is 9.86. The van der Waals surface area contributed by atoms with Crippen LogP contribution in [0.1, 0.15) is 46.8 Å². The third-order valence-electron chi connectivity index (χ3n) is 5.03. The molecule has 0 aliphatic carbocycles. The molecule has 0 unspecified atom stereocenters. The first-order chi connectivity index (χ1) is 14.9. The Morgan fingerprint density at radius 2 is 1.74 bits per heavy atom. The molecule has 31 heavy (non-hydrogen) atoms. The van der Waals surface area contributed by atoms with E-state index >= 15 is 0 Å².